The zero-order valence-corrected chi connectivity index (χ0v) is 13.5. The van der Waals surface area contributed by atoms with Gasteiger partial charge in [0.05, 0.1) is 5.69 Å². The Morgan fingerprint density at radius 3 is 2.53 bits per heavy atom. The normalized spacial score (nSPS) is 11.7. The van der Waals surface area contributed by atoms with Crippen LogP contribution in [0.25, 0.3) is 0 Å². The Bertz CT molecular complexity index is 431. The first-order valence-corrected chi connectivity index (χ1v) is 8.04. The molecule has 0 heterocycles. The van der Waals surface area contributed by atoms with Crippen molar-refractivity contribution >= 4 is 23.7 Å². The third-order valence-corrected chi connectivity index (χ3v) is 3.10. The monoisotopic (exact) mass is 275 g/mol. The Hall–Kier alpha value is -1.28. The Balaban J connectivity index is 0.00000154. The molecule has 0 bridgehead atoms. The van der Waals surface area contributed by atoms with Crippen LogP contribution in [0.2, 0.25) is 0 Å². The van der Waals surface area contributed by atoms with Gasteiger partial charge in [0.25, 0.3) is 0 Å². The second-order valence-electron chi connectivity index (χ2n) is 3.53. The SMILES string of the molecule is C/C=C(C=Nc1ccccc1SC)\C=C/CC.CC. The van der Waals surface area contributed by atoms with Gasteiger partial charge in [0.2, 0.25) is 0 Å². The molecule has 1 aromatic rings. The first-order valence-electron chi connectivity index (χ1n) is 6.81. The van der Waals surface area contributed by atoms with Crippen molar-refractivity contribution in [3.8, 4) is 0 Å². The third-order valence-electron chi connectivity index (χ3n) is 2.32. The standard InChI is InChI=1S/C15H19NS.C2H6/c1-4-6-9-13(5-2)12-16-14-10-7-8-11-15(14)17-3;1-2/h5-12H,4H2,1-3H3;1-2H3/b9-6-,13-5+,16-12?;. The molecule has 0 saturated heterocycles. The van der Waals surface area contributed by atoms with Crippen molar-refractivity contribution in [3.63, 3.8) is 0 Å². The fourth-order valence-electron chi connectivity index (χ4n) is 1.35. The molecule has 1 nitrogen and oxygen atoms in total. The number of thioether (sulfide) groups is 1. The van der Waals surface area contributed by atoms with E-state index >= 15 is 0 Å². The lowest BCUT2D eigenvalue weighted by molar-refractivity contribution is 1.22. The molecule has 0 aliphatic carbocycles. The first-order chi connectivity index (χ1) is 9.31. The van der Waals surface area contributed by atoms with Gasteiger partial charge in [-0.05, 0) is 37.3 Å². The van der Waals surface area contributed by atoms with Crippen LogP contribution in [0, 0.1) is 0 Å². The van der Waals surface area contributed by atoms with Gasteiger partial charge in [-0.15, -0.1) is 11.8 Å². The van der Waals surface area contributed by atoms with Gasteiger partial charge in [0.15, 0.2) is 0 Å². The summed E-state index contributed by atoms with van der Waals surface area (Å²) in [6, 6.07) is 8.19. The molecule has 0 saturated carbocycles. The van der Waals surface area contributed by atoms with Crippen LogP contribution in [0.15, 0.2) is 58.0 Å². The second-order valence-corrected chi connectivity index (χ2v) is 4.38. The Morgan fingerprint density at radius 1 is 1.26 bits per heavy atom. The minimum atomic E-state index is 1.03. The van der Waals surface area contributed by atoms with E-state index in [0.717, 1.165) is 17.7 Å². The number of rotatable bonds is 5. The number of hydrogen-bond donors (Lipinski definition) is 0. The van der Waals surface area contributed by atoms with Crippen molar-refractivity contribution in [1.82, 2.24) is 0 Å². The number of para-hydroxylation sites is 1. The molecule has 0 fully saturated rings. The number of allylic oxidation sites excluding steroid dienone is 4. The third kappa shape index (κ3) is 7.02. The molecule has 0 spiro atoms. The number of benzene rings is 1. The van der Waals surface area contributed by atoms with Crippen molar-refractivity contribution in [2.24, 2.45) is 4.99 Å². The minimum Gasteiger partial charge on any atom is -0.255 e. The summed E-state index contributed by atoms with van der Waals surface area (Å²) < 4.78 is 0. The highest BCUT2D eigenvalue weighted by molar-refractivity contribution is 7.98. The molecule has 104 valence electrons. The fraction of sp³-hybridized carbons (Fsp3) is 0.353. The summed E-state index contributed by atoms with van der Waals surface area (Å²) in [5.41, 5.74) is 2.17. The number of aliphatic imine (C=N–C) groups is 1. The molecule has 0 atom stereocenters. The molecule has 0 unspecified atom stereocenters. The zero-order valence-electron chi connectivity index (χ0n) is 12.7. The van der Waals surface area contributed by atoms with E-state index < -0.39 is 0 Å². The van der Waals surface area contributed by atoms with Gasteiger partial charge in [-0.2, -0.15) is 0 Å². The summed E-state index contributed by atoms with van der Waals surface area (Å²) in [7, 11) is 0. The molecule has 0 aliphatic heterocycles. The smallest absolute Gasteiger partial charge is 0.0765 e. The molecule has 0 amide bonds. The minimum absolute atomic E-state index is 1.03. The van der Waals surface area contributed by atoms with E-state index in [1.54, 1.807) is 11.8 Å². The van der Waals surface area contributed by atoms with Crippen LogP contribution in [0.4, 0.5) is 5.69 Å². The van der Waals surface area contributed by atoms with Crippen molar-refractivity contribution in [2.45, 2.75) is 39.0 Å². The van der Waals surface area contributed by atoms with Crippen LogP contribution in [-0.4, -0.2) is 12.5 Å². The van der Waals surface area contributed by atoms with Gasteiger partial charge in [-0.3, -0.25) is 4.99 Å². The predicted molar refractivity (Wildman–Crippen MR) is 90.9 cm³/mol. The van der Waals surface area contributed by atoms with Crippen LogP contribution in [0.3, 0.4) is 0 Å². The molecule has 2 heteroatoms. The average Bonchev–Trinajstić information content (AvgIpc) is 2.50. The van der Waals surface area contributed by atoms with E-state index in [1.807, 2.05) is 45.2 Å². The van der Waals surface area contributed by atoms with E-state index in [2.05, 4.69) is 42.5 Å². The topological polar surface area (TPSA) is 12.4 Å². The molecule has 0 radical (unpaired) electrons. The summed E-state index contributed by atoms with van der Waals surface area (Å²) in [5.74, 6) is 0. The van der Waals surface area contributed by atoms with Crippen LogP contribution >= 0.6 is 11.8 Å². The van der Waals surface area contributed by atoms with Gasteiger partial charge in [-0.1, -0.05) is 51.1 Å². The predicted octanol–water partition coefficient (Wildman–Crippen LogP) is 6.05. The van der Waals surface area contributed by atoms with Gasteiger partial charge in [0, 0.05) is 11.1 Å². The van der Waals surface area contributed by atoms with Gasteiger partial charge in [0.1, 0.15) is 0 Å². The second kappa shape index (κ2) is 11.8. The molecular formula is C17H25NS. The summed E-state index contributed by atoms with van der Waals surface area (Å²) >= 11 is 1.72. The summed E-state index contributed by atoms with van der Waals surface area (Å²) in [5, 5.41) is 0. The van der Waals surface area contributed by atoms with Gasteiger partial charge < -0.3 is 0 Å². The number of nitrogens with zero attached hydrogens (tertiary/aromatic N) is 1. The van der Waals surface area contributed by atoms with E-state index in [9.17, 15) is 0 Å². The summed E-state index contributed by atoms with van der Waals surface area (Å²) in [6.07, 6.45) is 11.3. The molecular weight excluding hydrogens is 250 g/mol. The maximum atomic E-state index is 4.54. The lowest BCUT2D eigenvalue weighted by Gasteiger charge is -2.00. The van der Waals surface area contributed by atoms with Crippen molar-refractivity contribution < 1.29 is 0 Å². The Labute approximate surface area is 122 Å². The highest BCUT2D eigenvalue weighted by Crippen LogP contribution is 2.27. The van der Waals surface area contributed by atoms with E-state index in [4.69, 9.17) is 0 Å². The van der Waals surface area contributed by atoms with Gasteiger partial charge >= 0.3 is 0 Å². The van der Waals surface area contributed by atoms with Crippen LogP contribution in [0.1, 0.15) is 34.1 Å². The zero-order chi connectivity index (χ0) is 14.5. The molecule has 1 aromatic carbocycles. The van der Waals surface area contributed by atoms with Crippen molar-refractivity contribution in [1.29, 1.82) is 0 Å². The molecule has 19 heavy (non-hydrogen) atoms. The fourth-order valence-corrected chi connectivity index (χ4v) is 1.89. The average molecular weight is 275 g/mol. The number of hydrogen-bond acceptors (Lipinski definition) is 2. The lowest BCUT2D eigenvalue weighted by Crippen LogP contribution is -1.80. The first kappa shape index (κ1) is 17.7. The van der Waals surface area contributed by atoms with Crippen molar-refractivity contribution in [3.05, 3.63) is 48.1 Å². The van der Waals surface area contributed by atoms with Crippen LogP contribution in [0.5, 0.6) is 0 Å². The lowest BCUT2D eigenvalue weighted by atomic mass is 10.2. The maximum Gasteiger partial charge on any atom is 0.0765 e. The summed E-state index contributed by atoms with van der Waals surface area (Å²) in [6.45, 7) is 8.16. The van der Waals surface area contributed by atoms with E-state index in [-0.39, 0.29) is 0 Å². The van der Waals surface area contributed by atoms with E-state index in [1.165, 1.54) is 4.90 Å². The van der Waals surface area contributed by atoms with Crippen LogP contribution < -0.4 is 0 Å². The highest BCUT2D eigenvalue weighted by Gasteiger charge is 1.96. The largest absolute Gasteiger partial charge is 0.255 e. The van der Waals surface area contributed by atoms with Gasteiger partial charge in [-0.25, -0.2) is 0 Å². The highest BCUT2D eigenvalue weighted by atomic mass is 32.2. The molecule has 0 aliphatic rings. The maximum absolute atomic E-state index is 4.54. The Kier molecular flexibility index (Phi) is 11.0. The molecule has 0 aromatic heterocycles. The summed E-state index contributed by atoms with van der Waals surface area (Å²) in [4.78, 5) is 5.74. The quantitative estimate of drug-likeness (QED) is 0.362. The molecule has 0 N–H and O–H groups in total. The Morgan fingerprint density at radius 2 is 1.95 bits per heavy atom. The van der Waals surface area contributed by atoms with Crippen LogP contribution in [-0.2, 0) is 0 Å². The van der Waals surface area contributed by atoms with Crippen molar-refractivity contribution in [2.75, 3.05) is 6.26 Å². The molecule has 1 rings (SSSR count). The van der Waals surface area contributed by atoms with E-state index in [0.29, 0.717) is 0 Å².